The second-order valence-corrected chi connectivity index (χ2v) is 4.12. The van der Waals surface area contributed by atoms with Crippen molar-refractivity contribution in [2.24, 2.45) is 0 Å². The first-order valence-corrected chi connectivity index (χ1v) is 5.75. The summed E-state index contributed by atoms with van der Waals surface area (Å²) in [6, 6.07) is 7.91. The van der Waals surface area contributed by atoms with E-state index < -0.39 is 5.97 Å². The molecule has 2 rings (SSSR count). The lowest BCUT2D eigenvalue weighted by atomic mass is 10.1. The number of carboxylic acid groups (broad SMARTS) is 1. The fraction of sp³-hybridized carbons (Fsp3) is 0.214. The van der Waals surface area contributed by atoms with Gasteiger partial charge in [-0.3, -0.25) is 4.79 Å². The maximum absolute atomic E-state index is 10.5. The summed E-state index contributed by atoms with van der Waals surface area (Å²) in [5, 5.41) is 8.60. The van der Waals surface area contributed by atoms with E-state index in [1.807, 2.05) is 31.2 Å². The van der Waals surface area contributed by atoms with Gasteiger partial charge in [0.25, 0.3) is 0 Å². The van der Waals surface area contributed by atoms with E-state index in [0.29, 0.717) is 12.2 Å². The molecule has 0 unspecified atom stereocenters. The molecule has 0 radical (unpaired) electrons. The summed E-state index contributed by atoms with van der Waals surface area (Å²) >= 11 is 0. The molecular formula is C14H14N2O2. The number of nitrogens with zero attached hydrogens (tertiary/aromatic N) is 2. The first-order chi connectivity index (χ1) is 8.66. The molecule has 1 aromatic carbocycles. The van der Waals surface area contributed by atoms with Crippen LogP contribution in [0.25, 0.3) is 11.4 Å². The van der Waals surface area contributed by atoms with Gasteiger partial charge in [0.2, 0.25) is 0 Å². The van der Waals surface area contributed by atoms with Crippen LogP contribution in [-0.2, 0) is 11.2 Å². The van der Waals surface area contributed by atoms with E-state index in [9.17, 15) is 4.79 Å². The van der Waals surface area contributed by atoms with Crippen molar-refractivity contribution in [2.45, 2.75) is 19.8 Å². The van der Waals surface area contributed by atoms with Gasteiger partial charge >= 0.3 is 5.97 Å². The molecule has 1 aromatic heterocycles. The van der Waals surface area contributed by atoms with E-state index in [-0.39, 0.29) is 6.42 Å². The Kier molecular flexibility index (Phi) is 3.67. The Balaban J connectivity index is 2.17. The molecule has 0 saturated heterocycles. The molecular weight excluding hydrogens is 228 g/mol. The Hall–Kier alpha value is -2.23. The number of hydrogen-bond donors (Lipinski definition) is 1. The van der Waals surface area contributed by atoms with Crippen LogP contribution in [-0.4, -0.2) is 21.0 Å². The van der Waals surface area contributed by atoms with Crippen LogP contribution in [0.15, 0.2) is 36.7 Å². The largest absolute Gasteiger partial charge is 0.481 e. The predicted octanol–water partition coefficient (Wildman–Crippen LogP) is 2.47. The van der Waals surface area contributed by atoms with Gasteiger partial charge in [-0.2, -0.15) is 0 Å². The first-order valence-electron chi connectivity index (χ1n) is 5.75. The van der Waals surface area contributed by atoms with E-state index >= 15 is 0 Å². The molecule has 0 spiro atoms. The van der Waals surface area contributed by atoms with Crippen LogP contribution in [0.2, 0.25) is 0 Å². The average Bonchev–Trinajstić information content (AvgIpc) is 2.38. The Bertz CT molecular complexity index is 550. The lowest BCUT2D eigenvalue weighted by molar-refractivity contribution is -0.136. The van der Waals surface area contributed by atoms with E-state index in [2.05, 4.69) is 9.97 Å². The topological polar surface area (TPSA) is 63.1 Å². The predicted molar refractivity (Wildman–Crippen MR) is 68.2 cm³/mol. The third-order valence-corrected chi connectivity index (χ3v) is 2.72. The molecule has 0 bridgehead atoms. The first kappa shape index (κ1) is 12.2. The van der Waals surface area contributed by atoms with Crippen molar-refractivity contribution in [1.82, 2.24) is 9.97 Å². The summed E-state index contributed by atoms with van der Waals surface area (Å²) < 4.78 is 0. The summed E-state index contributed by atoms with van der Waals surface area (Å²) in [5.74, 6) is -0.134. The summed E-state index contributed by atoms with van der Waals surface area (Å²) in [4.78, 5) is 19.0. The number of aromatic nitrogens is 2. The second kappa shape index (κ2) is 5.40. The molecule has 0 fully saturated rings. The summed E-state index contributed by atoms with van der Waals surface area (Å²) in [6.45, 7) is 2.01. The highest BCUT2D eigenvalue weighted by atomic mass is 16.4. The van der Waals surface area contributed by atoms with Gasteiger partial charge in [0, 0.05) is 24.4 Å². The molecule has 0 aliphatic rings. The van der Waals surface area contributed by atoms with Crippen molar-refractivity contribution in [3.63, 3.8) is 0 Å². The van der Waals surface area contributed by atoms with Crippen LogP contribution in [0.3, 0.4) is 0 Å². The molecule has 0 aliphatic carbocycles. The highest BCUT2D eigenvalue weighted by Gasteiger charge is 2.05. The maximum atomic E-state index is 10.5. The van der Waals surface area contributed by atoms with Crippen LogP contribution in [0, 0.1) is 6.92 Å². The summed E-state index contributed by atoms with van der Waals surface area (Å²) in [7, 11) is 0. The summed E-state index contributed by atoms with van der Waals surface area (Å²) in [6.07, 6.45) is 3.95. The SMILES string of the molecule is Cc1ccccc1-c1ncc(CCC(=O)O)cn1. The molecule has 1 N–H and O–H groups in total. The molecule has 0 atom stereocenters. The molecule has 1 heterocycles. The molecule has 0 aliphatic heterocycles. The normalized spacial score (nSPS) is 10.3. The van der Waals surface area contributed by atoms with Crippen LogP contribution in [0.4, 0.5) is 0 Å². The standard InChI is InChI=1S/C14H14N2O2/c1-10-4-2-3-5-12(10)14-15-8-11(9-16-14)6-7-13(17)18/h2-5,8-9H,6-7H2,1H3,(H,17,18). The van der Waals surface area contributed by atoms with E-state index in [0.717, 1.165) is 16.7 Å². The van der Waals surface area contributed by atoms with Gasteiger partial charge in [0.05, 0.1) is 0 Å². The van der Waals surface area contributed by atoms with Crippen molar-refractivity contribution in [1.29, 1.82) is 0 Å². The number of carbonyl (C=O) groups is 1. The van der Waals surface area contributed by atoms with E-state index in [4.69, 9.17) is 5.11 Å². The number of benzene rings is 1. The van der Waals surface area contributed by atoms with Crippen LogP contribution < -0.4 is 0 Å². The van der Waals surface area contributed by atoms with E-state index in [1.165, 1.54) is 0 Å². The zero-order chi connectivity index (χ0) is 13.0. The number of hydrogen-bond acceptors (Lipinski definition) is 3. The highest BCUT2D eigenvalue weighted by Crippen LogP contribution is 2.18. The molecule has 4 nitrogen and oxygen atoms in total. The van der Waals surface area contributed by atoms with Gasteiger partial charge < -0.3 is 5.11 Å². The van der Waals surface area contributed by atoms with Crippen molar-refractivity contribution in [2.75, 3.05) is 0 Å². The Labute approximate surface area is 105 Å². The minimum Gasteiger partial charge on any atom is -0.481 e. The van der Waals surface area contributed by atoms with Crippen LogP contribution in [0.5, 0.6) is 0 Å². The number of carboxylic acids is 1. The molecule has 18 heavy (non-hydrogen) atoms. The lowest BCUT2D eigenvalue weighted by Crippen LogP contribution is -1.99. The van der Waals surface area contributed by atoms with Gasteiger partial charge in [-0.05, 0) is 24.5 Å². The molecule has 92 valence electrons. The minimum atomic E-state index is -0.807. The fourth-order valence-electron chi connectivity index (χ4n) is 1.70. The van der Waals surface area contributed by atoms with Crippen molar-refractivity contribution >= 4 is 5.97 Å². The van der Waals surface area contributed by atoms with Gasteiger partial charge in [-0.25, -0.2) is 9.97 Å². The summed E-state index contributed by atoms with van der Waals surface area (Å²) in [5.41, 5.74) is 2.97. The zero-order valence-corrected chi connectivity index (χ0v) is 10.1. The van der Waals surface area contributed by atoms with E-state index in [1.54, 1.807) is 12.4 Å². The lowest BCUT2D eigenvalue weighted by Gasteiger charge is -2.04. The number of rotatable bonds is 4. The Morgan fingerprint density at radius 2 is 1.89 bits per heavy atom. The van der Waals surface area contributed by atoms with Crippen molar-refractivity contribution in [3.8, 4) is 11.4 Å². The third kappa shape index (κ3) is 2.91. The van der Waals surface area contributed by atoms with Gasteiger partial charge in [-0.15, -0.1) is 0 Å². The van der Waals surface area contributed by atoms with Crippen molar-refractivity contribution < 1.29 is 9.90 Å². The van der Waals surface area contributed by atoms with Crippen molar-refractivity contribution in [3.05, 3.63) is 47.8 Å². The third-order valence-electron chi connectivity index (χ3n) is 2.72. The highest BCUT2D eigenvalue weighted by molar-refractivity contribution is 5.67. The van der Waals surface area contributed by atoms with Crippen LogP contribution in [0.1, 0.15) is 17.5 Å². The quantitative estimate of drug-likeness (QED) is 0.894. The number of aryl methyl sites for hydroxylation is 2. The number of aliphatic carboxylic acids is 1. The molecule has 0 amide bonds. The Morgan fingerprint density at radius 1 is 1.22 bits per heavy atom. The van der Waals surface area contributed by atoms with Gasteiger partial charge in [-0.1, -0.05) is 24.3 Å². The molecule has 4 heteroatoms. The molecule has 0 saturated carbocycles. The van der Waals surface area contributed by atoms with Gasteiger partial charge in [0.15, 0.2) is 5.82 Å². The minimum absolute atomic E-state index is 0.104. The molecule has 2 aromatic rings. The smallest absolute Gasteiger partial charge is 0.303 e. The monoisotopic (exact) mass is 242 g/mol. The zero-order valence-electron chi connectivity index (χ0n) is 10.1. The Morgan fingerprint density at radius 3 is 2.50 bits per heavy atom. The van der Waals surface area contributed by atoms with Gasteiger partial charge in [0.1, 0.15) is 0 Å². The second-order valence-electron chi connectivity index (χ2n) is 4.12. The fourth-order valence-corrected chi connectivity index (χ4v) is 1.70. The maximum Gasteiger partial charge on any atom is 0.303 e. The average molecular weight is 242 g/mol. The van der Waals surface area contributed by atoms with Crippen LogP contribution >= 0.6 is 0 Å².